The molecule has 0 bridgehead atoms. The number of nitriles is 1. The quantitative estimate of drug-likeness (QED) is 0.521. The highest BCUT2D eigenvalue weighted by molar-refractivity contribution is 5.96. The lowest BCUT2D eigenvalue weighted by molar-refractivity contribution is -0.384. The van der Waals surface area contributed by atoms with Gasteiger partial charge in [-0.3, -0.25) is 15.1 Å². The van der Waals surface area contributed by atoms with Gasteiger partial charge in [0.2, 0.25) is 0 Å². The zero-order valence-corrected chi connectivity index (χ0v) is 10.4. The summed E-state index contributed by atoms with van der Waals surface area (Å²) in [7, 11) is 0. The van der Waals surface area contributed by atoms with Crippen LogP contribution in [0.25, 0.3) is 11.3 Å². The van der Waals surface area contributed by atoms with Crippen LogP contribution in [0.15, 0.2) is 48.8 Å². The van der Waals surface area contributed by atoms with E-state index in [1.165, 1.54) is 24.4 Å². The van der Waals surface area contributed by atoms with Gasteiger partial charge in [0.15, 0.2) is 0 Å². The molecule has 0 fully saturated rings. The van der Waals surface area contributed by atoms with E-state index in [4.69, 9.17) is 5.73 Å². The Morgan fingerprint density at radius 2 is 2.05 bits per heavy atom. The van der Waals surface area contributed by atoms with Crippen LogP contribution < -0.4 is 5.73 Å². The van der Waals surface area contributed by atoms with Gasteiger partial charge in [-0.2, -0.15) is 5.26 Å². The summed E-state index contributed by atoms with van der Waals surface area (Å²) in [5.41, 5.74) is 7.30. The number of hydrogen-bond acceptors (Lipinski definition) is 5. The van der Waals surface area contributed by atoms with Crippen molar-refractivity contribution in [1.29, 1.82) is 5.26 Å². The number of benzene rings is 1. The van der Waals surface area contributed by atoms with Crippen LogP contribution in [0.3, 0.4) is 0 Å². The van der Waals surface area contributed by atoms with Crippen molar-refractivity contribution in [3.05, 3.63) is 70.0 Å². The molecule has 0 amide bonds. The first kappa shape index (κ1) is 13.2. The predicted octanol–water partition coefficient (Wildman–Crippen LogP) is 2.34. The Balaban J connectivity index is 2.55. The van der Waals surface area contributed by atoms with E-state index in [0.717, 1.165) is 0 Å². The number of aromatic nitrogens is 1. The van der Waals surface area contributed by atoms with Crippen molar-refractivity contribution in [1.82, 2.24) is 4.98 Å². The fourth-order valence-electron chi connectivity index (χ4n) is 1.72. The van der Waals surface area contributed by atoms with Crippen LogP contribution in [-0.2, 0) is 0 Å². The number of nitro benzene ring substituents is 1. The predicted molar refractivity (Wildman–Crippen MR) is 73.9 cm³/mol. The fourth-order valence-corrected chi connectivity index (χ4v) is 1.72. The number of nitrogens with zero attached hydrogens (tertiary/aromatic N) is 3. The average molecular weight is 266 g/mol. The summed E-state index contributed by atoms with van der Waals surface area (Å²) in [5.74, 6) is 0. The monoisotopic (exact) mass is 266 g/mol. The molecule has 1 aromatic heterocycles. The van der Waals surface area contributed by atoms with Crippen molar-refractivity contribution in [2.75, 3.05) is 0 Å². The molecule has 2 N–H and O–H groups in total. The Morgan fingerprint density at radius 3 is 2.65 bits per heavy atom. The SMILES string of the molecule is N#C/C(=C(/N)c1cccc([N+](=O)[O-])c1)c1cccnc1. The molecular weight excluding hydrogens is 256 g/mol. The number of rotatable bonds is 3. The molecule has 20 heavy (non-hydrogen) atoms. The highest BCUT2D eigenvalue weighted by Crippen LogP contribution is 2.24. The first-order chi connectivity index (χ1) is 9.63. The molecule has 2 aromatic rings. The number of hydrogen-bond donors (Lipinski definition) is 1. The molecule has 98 valence electrons. The second-order valence-corrected chi connectivity index (χ2v) is 3.95. The van der Waals surface area contributed by atoms with Crippen LogP contribution in [0.1, 0.15) is 11.1 Å². The summed E-state index contributed by atoms with van der Waals surface area (Å²) < 4.78 is 0. The van der Waals surface area contributed by atoms with E-state index in [2.05, 4.69) is 4.98 Å². The third-order valence-corrected chi connectivity index (χ3v) is 2.70. The molecule has 1 heterocycles. The van der Waals surface area contributed by atoms with Crippen molar-refractivity contribution in [2.24, 2.45) is 5.73 Å². The van der Waals surface area contributed by atoms with E-state index < -0.39 is 4.92 Å². The van der Waals surface area contributed by atoms with E-state index in [-0.39, 0.29) is 17.0 Å². The summed E-state index contributed by atoms with van der Waals surface area (Å²) in [6, 6.07) is 11.3. The van der Waals surface area contributed by atoms with Crippen molar-refractivity contribution in [3.63, 3.8) is 0 Å². The largest absolute Gasteiger partial charge is 0.397 e. The number of allylic oxidation sites excluding steroid dienone is 1. The molecule has 0 unspecified atom stereocenters. The van der Waals surface area contributed by atoms with Crippen molar-refractivity contribution >= 4 is 17.0 Å². The lowest BCUT2D eigenvalue weighted by atomic mass is 10.0. The van der Waals surface area contributed by atoms with Crippen molar-refractivity contribution < 1.29 is 4.92 Å². The minimum Gasteiger partial charge on any atom is -0.397 e. The Bertz CT molecular complexity index is 717. The maximum atomic E-state index is 10.8. The van der Waals surface area contributed by atoms with Gasteiger partial charge >= 0.3 is 0 Å². The summed E-state index contributed by atoms with van der Waals surface area (Å²) in [5, 5.41) is 20.0. The third kappa shape index (κ3) is 2.62. The summed E-state index contributed by atoms with van der Waals surface area (Å²) in [6.45, 7) is 0. The Morgan fingerprint density at radius 1 is 1.30 bits per heavy atom. The highest BCUT2D eigenvalue weighted by Gasteiger charge is 2.12. The van der Waals surface area contributed by atoms with Crippen LogP contribution >= 0.6 is 0 Å². The van der Waals surface area contributed by atoms with Crippen molar-refractivity contribution in [2.45, 2.75) is 0 Å². The number of nitrogens with two attached hydrogens (primary N) is 1. The topological polar surface area (TPSA) is 106 Å². The number of pyridine rings is 1. The van der Waals surface area contributed by atoms with Crippen LogP contribution in [0.4, 0.5) is 5.69 Å². The fraction of sp³-hybridized carbons (Fsp3) is 0. The molecule has 0 saturated carbocycles. The highest BCUT2D eigenvalue weighted by atomic mass is 16.6. The zero-order chi connectivity index (χ0) is 14.5. The molecule has 1 aromatic carbocycles. The van der Waals surface area contributed by atoms with Gasteiger partial charge in [-0.25, -0.2) is 0 Å². The lowest BCUT2D eigenvalue weighted by Gasteiger charge is -2.05. The molecule has 6 nitrogen and oxygen atoms in total. The van der Waals surface area contributed by atoms with Gasteiger partial charge in [0.1, 0.15) is 6.07 Å². The maximum absolute atomic E-state index is 10.8. The summed E-state index contributed by atoms with van der Waals surface area (Å²) in [6.07, 6.45) is 3.10. The molecule has 2 rings (SSSR count). The molecule has 0 aliphatic carbocycles. The molecular formula is C14H10N4O2. The molecule has 0 atom stereocenters. The molecule has 6 heteroatoms. The Labute approximate surface area is 114 Å². The smallest absolute Gasteiger partial charge is 0.270 e. The van der Waals surface area contributed by atoms with Gasteiger partial charge in [-0.1, -0.05) is 18.2 Å². The van der Waals surface area contributed by atoms with Crippen LogP contribution in [0.2, 0.25) is 0 Å². The minimum absolute atomic E-state index is 0.0751. The minimum atomic E-state index is -0.507. The summed E-state index contributed by atoms with van der Waals surface area (Å²) in [4.78, 5) is 14.2. The van der Waals surface area contributed by atoms with Gasteiger partial charge in [-0.05, 0) is 6.07 Å². The average Bonchev–Trinajstić information content (AvgIpc) is 2.49. The van der Waals surface area contributed by atoms with Gasteiger partial charge in [0.05, 0.1) is 16.2 Å². The Hall–Kier alpha value is -3.20. The maximum Gasteiger partial charge on any atom is 0.270 e. The zero-order valence-electron chi connectivity index (χ0n) is 10.4. The first-order valence-electron chi connectivity index (χ1n) is 5.68. The van der Waals surface area contributed by atoms with Gasteiger partial charge in [0.25, 0.3) is 5.69 Å². The summed E-state index contributed by atoms with van der Waals surface area (Å²) >= 11 is 0. The Kier molecular flexibility index (Phi) is 3.72. The molecule has 0 aliphatic rings. The standard InChI is InChI=1S/C14H10N4O2/c15-8-13(11-4-2-6-17-9-11)14(16)10-3-1-5-12(7-10)18(19)20/h1-7,9H,16H2/b14-13-. The van der Waals surface area contributed by atoms with Gasteiger partial charge in [0, 0.05) is 35.7 Å². The van der Waals surface area contributed by atoms with Crippen LogP contribution in [0, 0.1) is 21.4 Å². The third-order valence-electron chi connectivity index (χ3n) is 2.70. The molecule has 0 spiro atoms. The van der Waals surface area contributed by atoms with E-state index in [9.17, 15) is 15.4 Å². The molecule has 0 radical (unpaired) electrons. The van der Waals surface area contributed by atoms with Crippen LogP contribution in [-0.4, -0.2) is 9.91 Å². The second kappa shape index (κ2) is 5.63. The van der Waals surface area contributed by atoms with Crippen LogP contribution in [0.5, 0.6) is 0 Å². The number of non-ortho nitro benzene ring substituents is 1. The van der Waals surface area contributed by atoms with E-state index in [1.54, 1.807) is 24.4 Å². The second-order valence-electron chi connectivity index (χ2n) is 3.95. The normalized spacial score (nSPS) is 11.3. The van der Waals surface area contributed by atoms with E-state index in [0.29, 0.717) is 11.1 Å². The molecule has 0 saturated heterocycles. The lowest BCUT2D eigenvalue weighted by Crippen LogP contribution is -2.01. The molecule has 0 aliphatic heterocycles. The van der Waals surface area contributed by atoms with Gasteiger partial charge < -0.3 is 5.73 Å². The van der Waals surface area contributed by atoms with E-state index >= 15 is 0 Å². The van der Waals surface area contributed by atoms with E-state index in [1.807, 2.05) is 6.07 Å². The number of nitro groups is 1. The van der Waals surface area contributed by atoms with Gasteiger partial charge in [-0.15, -0.1) is 0 Å². The first-order valence-corrected chi connectivity index (χ1v) is 5.68. The van der Waals surface area contributed by atoms with Crippen molar-refractivity contribution in [3.8, 4) is 6.07 Å².